The number of nitrogens with two attached hydrogens (primary N) is 2. The van der Waals surface area contributed by atoms with E-state index in [0.29, 0.717) is 22.8 Å². The molecule has 0 amide bonds. The molecule has 0 radical (unpaired) electrons. The highest BCUT2D eigenvalue weighted by Crippen LogP contribution is 2.25. The van der Waals surface area contributed by atoms with Gasteiger partial charge in [0.25, 0.3) is 0 Å². The van der Waals surface area contributed by atoms with Gasteiger partial charge in [0.15, 0.2) is 5.65 Å². The lowest BCUT2D eigenvalue weighted by atomic mass is 10.1. The maximum absolute atomic E-state index is 11.6. The number of nitrogens with one attached hydrogen (secondary N) is 2. The second-order valence-corrected chi connectivity index (χ2v) is 5.20. The standard InChI is InChI=1S/C15H17N7O/c1-8-5-10(17)9(3-4-16)6-11(8)19-14-18-7-12-13(20-14)21-15(23)22(12)2/h3-7H,16-17H2,1-2H3,(H2,18,19,20,21,23)/b4-3-. The van der Waals surface area contributed by atoms with E-state index in [-0.39, 0.29) is 5.69 Å². The van der Waals surface area contributed by atoms with Gasteiger partial charge in [0, 0.05) is 24.0 Å². The molecule has 118 valence electrons. The maximum Gasteiger partial charge on any atom is 0.327 e. The van der Waals surface area contributed by atoms with Crippen molar-refractivity contribution in [2.75, 3.05) is 11.1 Å². The number of nitrogens with zero attached hydrogens (tertiary/aromatic N) is 3. The molecule has 2 aromatic heterocycles. The molecule has 3 rings (SSSR count). The van der Waals surface area contributed by atoms with Crippen LogP contribution in [-0.2, 0) is 7.05 Å². The summed E-state index contributed by atoms with van der Waals surface area (Å²) < 4.78 is 1.46. The minimum Gasteiger partial charge on any atom is -0.405 e. The van der Waals surface area contributed by atoms with Crippen molar-refractivity contribution in [3.63, 3.8) is 0 Å². The number of imidazole rings is 1. The Morgan fingerprint density at radius 2 is 2.17 bits per heavy atom. The van der Waals surface area contributed by atoms with E-state index < -0.39 is 0 Å². The van der Waals surface area contributed by atoms with Gasteiger partial charge in [-0.05, 0) is 36.9 Å². The highest BCUT2D eigenvalue weighted by atomic mass is 16.1. The monoisotopic (exact) mass is 311 g/mol. The van der Waals surface area contributed by atoms with Gasteiger partial charge in [0.1, 0.15) is 5.52 Å². The molecule has 3 aromatic rings. The lowest BCUT2D eigenvalue weighted by Gasteiger charge is -2.11. The Bertz CT molecular complexity index is 968. The van der Waals surface area contributed by atoms with Gasteiger partial charge in [0.05, 0.1) is 6.20 Å². The third kappa shape index (κ3) is 2.61. The summed E-state index contributed by atoms with van der Waals surface area (Å²) >= 11 is 0. The van der Waals surface area contributed by atoms with E-state index in [1.54, 1.807) is 19.3 Å². The summed E-state index contributed by atoms with van der Waals surface area (Å²) in [5.41, 5.74) is 15.5. The van der Waals surface area contributed by atoms with Crippen LogP contribution in [-0.4, -0.2) is 19.5 Å². The van der Waals surface area contributed by atoms with Gasteiger partial charge in [-0.15, -0.1) is 0 Å². The van der Waals surface area contributed by atoms with Crippen molar-refractivity contribution in [3.05, 3.63) is 46.1 Å². The van der Waals surface area contributed by atoms with Crippen molar-refractivity contribution < 1.29 is 0 Å². The molecule has 0 aliphatic carbocycles. The summed E-state index contributed by atoms with van der Waals surface area (Å²) in [4.78, 5) is 22.8. The molecular weight excluding hydrogens is 294 g/mol. The number of nitrogen functional groups attached to an aromatic ring is 1. The first-order valence-electron chi connectivity index (χ1n) is 6.96. The molecule has 0 bridgehead atoms. The number of H-pyrrole nitrogens is 1. The quantitative estimate of drug-likeness (QED) is 0.538. The molecule has 0 unspecified atom stereocenters. The summed E-state index contributed by atoms with van der Waals surface area (Å²) in [6.07, 6.45) is 4.75. The summed E-state index contributed by atoms with van der Waals surface area (Å²) in [6.45, 7) is 1.93. The maximum atomic E-state index is 11.6. The van der Waals surface area contributed by atoms with Crippen LogP contribution in [0.15, 0.2) is 29.3 Å². The first kappa shape index (κ1) is 14.6. The molecule has 23 heavy (non-hydrogen) atoms. The van der Waals surface area contributed by atoms with Crippen LogP contribution >= 0.6 is 0 Å². The van der Waals surface area contributed by atoms with E-state index in [9.17, 15) is 4.79 Å². The molecule has 2 heterocycles. The number of aromatic nitrogens is 4. The van der Waals surface area contributed by atoms with Crippen LogP contribution in [0.3, 0.4) is 0 Å². The third-order valence-electron chi connectivity index (χ3n) is 3.61. The average molecular weight is 311 g/mol. The van der Waals surface area contributed by atoms with Crippen molar-refractivity contribution >= 4 is 34.6 Å². The number of benzene rings is 1. The van der Waals surface area contributed by atoms with Gasteiger partial charge in [-0.3, -0.25) is 9.55 Å². The Hall–Kier alpha value is -3.29. The lowest BCUT2D eigenvalue weighted by molar-refractivity contribution is 0.890. The fourth-order valence-corrected chi connectivity index (χ4v) is 2.32. The molecule has 0 aliphatic heterocycles. The summed E-state index contributed by atoms with van der Waals surface area (Å²) in [5, 5.41) is 3.14. The number of hydrogen-bond donors (Lipinski definition) is 4. The van der Waals surface area contributed by atoms with Gasteiger partial charge in [-0.25, -0.2) is 9.78 Å². The third-order valence-corrected chi connectivity index (χ3v) is 3.61. The molecule has 0 atom stereocenters. The van der Waals surface area contributed by atoms with Gasteiger partial charge in [-0.1, -0.05) is 0 Å². The van der Waals surface area contributed by atoms with Crippen LogP contribution in [0.4, 0.5) is 17.3 Å². The topological polar surface area (TPSA) is 128 Å². The Morgan fingerprint density at radius 1 is 1.39 bits per heavy atom. The molecule has 0 spiro atoms. The van der Waals surface area contributed by atoms with Crippen molar-refractivity contribution in [2.24, 2.45) is 12.8 Å². The zero-order chi connectivity index (χ0) is 16.6. The Kier molecular flexibility index (Phi) is 3.49. The highest BCUT2D eigenvalue weighted by Gasteiger charge is 2.09. The summed E-state index contributed by atoms with van der Waals surface area (Å²) in [6, 6.07) is 3.72. The SMILES string of the molecule is Cc1cc(N)c(/C=C\N)cc1Nc1ncc2c(n1)[nH]c(=O)n2C. The lowest BCUT2D eigenvalue weighted by Crippen LogP contribution is -2.11. The smallest absolute Gasteiger partial charge is 0.327 e. The molecule has 0 aliphatic rings. The second kappa shape index (κ2) is 5.48. The molecule has 0 saturated heterocycles. The Labute approximate surface area is 131 Å². The minimum atomic E-state index is -0.231. The van der Waals surface area contributed by atoms with Gasteiger partial charge in [-0.2, -0.15) is 4.98 Å². The summed E-state index contributed by atoms with van der Waals surface area (Å²) in [7, 11) is 1.66. The number of fused-ring (bicyclic) bond motifs is 1. The van der Waals surface area contributed by atoms with Crippen LogP contribution in [0.2, 0.25) is 0 Å². The van der Waals surface area contributed by atoms with Crippen LogP contribution in [0, 0.1) is 6.92 Å². The Balaban J connectivity index is 2.01. The number of hydrogen-bond acceptors (Lipinski definition) is 6. The number of aryl methyl sites for hydroxylation is 2. The van der Waals surface area contributed by atoms with Crippen LogP contribution < -0.4 is 22.5 Å². The van der Waals surface area contributed by atoms with E-state index >= 15 is 0 Å². The zero-order valence-electron chi connectivity index (χ0n) is 12.8. The van der Waals surface area contributed by atoms with Crippen molar-refractivity contribution in [3.8, 4) is 0 Å². The van der Waals surface area contributed by atoms with Crippen molar-refractivity contribution in [1.29, 1.82) is 0 Å². The molecule has 0 saturated carbocycles. The fourth-order valence-electron chi connectivity index (χ4n) is 2.32. The molecule has 0 fully saturated rings. The van der Waals surface area contributed by atoms with Gasteiger partial charge >= 0.3 is 5.69 Å². The van der Waals surface area contributed by atoms with Crippen molar-refractivity contribution in [1.82, 2.24) is 19.5 Å². The summed E-state index contributed by atoms with van der Waals surface area (Å²) in [5.74, 6) is 0.384. The van der Waals surface area contributed by atoms with Crippen LogP contribution in [0.5, 0.6) is 0 Å². The molecule has 8 heteroatoms. The van der Waals surface area contributed by atoms with Gasteiger partial charge in [0.2, 0.25) is 5.95 Å². The molecular formula is C15H17N7O. The minimum absolute atomic E-state index is 0.231. The first-order chi connectivity index (χ1) is 11.0. The van der Waals surface area contributed by atoms with E-state index in [0.717, 1.165) is 16.8 Å². The predicted octanol–water partition coefficient (Wildman–Crippen LogP) is 1.22. The fraction of sp³-hybridized carbons (Fsp3) is 0.133. The highest BCUT2D eigenvalue weighted by molar-refractivity contribution is 5.75. The molecule has 6 N–H and O–H groups in total. The second-order valence-electron chi connectivity index (χ2n) is 5.20. The van der Waals surface area contributed by atoms with E-state index in [4.69, 9.17) is 11.5 Å². The van der Waals surface area contributed by atoms with E-state index in [1.165, 1.54) is 10.8 Å². The average Bonchev–Trinajstić information content (AvgIpc) is 2.79. The molecule has 8 nitrogen and oxygen atoms in total. The van der Waals surface area contributed by atoms with Crippen LogP contribution in [0.1, 0.15) is 11.1 Å². The van der Waals surface area contributed by atoms with E-state index in [2.05, 4.69) is 20.3 Å². The predicted molar refractivity (Wildman–Crippen MR) is 91.2 cm³/mol. The number of rotatable bonds is 3. The van der Waals surface area contributed by atoms with Crippen molar-refractivity contribution in [2.45, 2.75) is 6.92 Å². The van der Waals surface area contributed by atoms with E-state index in [1.807, 2.05) is 19.1 Å². The van der Waals surface area contributed by atoms with Gasteiger partial charge < -0.3 is 16.8 Å². The zero-order valence-corrected chi connectivity index (χ0v) is 12.8. The van der Waals surface area contributed by atoms with Crippen LogP contribution in [0.25, 0.3) is 17.2 Å². The number of anilines is 3. The normalized spacial score (nSPS) is 11.4. The number of aromatic amines is 1. The molecule has 1 aromatic carbocycles. The first-order valence-corrected chi connectivity index (χ1v) is 6.96. The largest absolute Gasteiger partial charge is 0.405 e. The Morgan fingerprint density at radius 3 is 2.91 bits per heavy atom.